The summed E-state index contributed by atoms with van der Waals surface area (Å²) >= 11 is 0. The first-order chi connectivity index (χ1) is 12.8. The molecule has 2 aromatic rings. The molecule has 1 heterocycles. The average Bonchev–Trinajstić information content (AvgIpc) is 2.64. The van der Waals surface area contributed by atoms with Gasteiger partial charge >= 0.3 is 0 Å². The lowest BCUT2D eigenvalue weighted by Gasteiger charge is -2.35. The minimum atomic E-state index is -3.78. The van der Waals surface area contributed by atoms with Gasteiger partial charge in [-0.2, -0.15) is 4.31 Å². The molecule has 0 aliphatic carbocycles. The second kappa shape index (κ2) is 7.44. The van der Waals surface area contributed by atoms with Crippen LogP contribution in [0.5, 0.6) is 5.75 Å². The van der Waals surface area contributed by atoms with Crippen molar-refractivity contribution in [1.29, 1.82) is 0 Å². The first-order valence-corrected chi connectivity index (χ1v) is 10.0. The molecule has 27 heavy (non-hydrogen) atoms. The van der Waals surface area contributed by atoms with Gasteiger partial charge in [-0.1, -0.05) is 6.07 Å². The van der Waals surface area contributed by atoms with E-state index in [1.165, 1.54) is 34.5 Å². The van der Waals surface area contributed by atoms with Crippen LogP contribution in [-0.4, -0.2) is 46.0 Å². The van der Waals surface area contributed by atoms with Gasteiger partial charge in [-0.15, -0.1) is 0 Å². The van der Waals surface area contributed by atoms with E-state index in [9.17, 15) is 17.2 Å². The number of ether oxygens (including phenoxy) is 1. The van der Waals surface area contributed by atoms with Gasteiger partial charge in [-0.3, -0.25) is 0 Å². The third-order valence-corrected chi connectivity index (χ3v) is 6.81. The van der Waals surface area contributed by atoms with Gasteiger partial charge in [0, 0.05) is 26.2 Å². The number of piperazine rings is 1. The van der Waals surface area contributed by atoms with E-state index in [1.807, 2.05) is 13.8 Å². The fourth-order valence-corrected chi connectivity index (χ4v) is 4.85. The largest absolute Gasteiger partial charge is 0.495 e. The molecule has 0 unspecified atom stereocenters. The van der Waals surface area contributed by atoms with Crippen LogP contribution in [0.15, 0.2) is 35.2 Å². The van der Waals surface area contributed by atoms with Crippen LogP contribution in [0.3, 0.4) is 0 Å². The standard InChI is InChI=1S/C19H22F2N2O3S/c1-13-11-17(26-3)18(12-14(13)2)27(24,25)23-9-7-22(8-10-23)19-15(20)5-4-6-16(19)21/h4-6,11-12H,7-10H2,1-3H3. The summed E-state index contributed by atoms with van der Waals surface area (Å²) in [5.41, 5.74) is 1.67. The molecule has 8 heteroatoms. The molecule has 1 aliphatic rings. The van der Waals surface area contributed by atoms with Crippen molar-refractivity contribution in [1.82, 2.24) is 4.31 Å². The predicted octanol–water partition coefficient (Wildman–Crippen LogP) is 3.10. The number of benzene rings is 2. The molecule has 0 aromatic heterocycles. The average molecular weight is 396 g/mol. The second-order valence-electron chi connectivity index (χ2n) is 6.55. The molecule has 3 rings (SSSR count). The third kappa shape index (κ3) is 3.64. The van der Waals surface area contributed by atoms with E-state index in [-0.39, 0.29) is 36.8 Å². The van der Waals surface area contributed by atoms with Crippen molar-refractivity contribution in [3.63, 3.8) is 0 Å². The molecule has 2 aromatic carbocycles. The molecule has 0 amide bonds. The van der Waals surface area contributed by atoms with E-state index >= 15 is 0 Å². The van der Waals surface area contributed by atoms with Crippen molar-refractivity contribution in [2.75, 3.05) is 38.2 Å². The summed E-state index contributed by atoms with van der Waals surface area (Å²) in [7, 11) is -2.34. The molecular formula is C19H22F2N2O3S. The number of halogens is 2. The molecular weight excluding hydrogens is 374 g/mol. The van der Waals surface area contributed by atoms with Crippen LogP contribution < -0.4 is 9.64 Å². The molecule has 0 N–H and O–H groups in total. The van der Waals surface area contributed by atoms with Gasteiger partial charge in [0.15, 0.2) is 0 Å². The summed E-state index contributed by atoms with van der Waals surface area (Å²) in [4.78, 5) is 1.65. The zero-order chi connectivity index (χ0) is 19.8. The normalized spacial score (nSPS) is 15.8. The summed E-state index contributed by atoms with van der Waals surface area (Å²) in [6, 6.07) is 7.00. The van der Waals surface area contributed by atoms with Crippen LogP contribution in [0, 0.1) is 25.5 Å². The number of rotatable bonds is 4. The Morgan fingerprint density at radius 1 is 0.963 bits per heavy atom. The first-order valence-electron chi connectivity index (χ1n) is 8.60. The Kier molecular flexibility index (Phi) is 5.39. The first kappa shape index (κ1) is 19.6. The summed E-state index contributed by atoms with van der Waals surface area (Å²) in [5.74, 6) is -1.01. The number of anilines is 1. The molecule has 0 atom stereocenters. The fourth-order valence-electron chi connectivity index (χ4n) is 3.21. The number of sulfonamides is 1. The van der Waals surface area contributed by atoms with E-state index < -0.39 is 21.7 Å². The lowest BCUT2D eigenvalue weighted by molar-refractivity contribution is 0.371. The Morgan fingerprint density at radius 2 is 1.52 bits per heavy atom. The smallest absolute Gasteiger partial charge is 0.246 e. The van der Waals surface area contributed by atoms with Crippen LogP contribution in [-0.2, 0) is 10.0 Å². The van der Waals surface area contributed by atoms with Crippen molar-refractivity contribution >= 4 is 15.7 Å². The molecule has 0 saturated carbocycles. The van der Waals surface area contributed by atoms with Crippen molar-refractivity contribution in [3.8, 4) is 5.75 Å². The van der Waals surface area contributed by atoms with E-state index in [0.717, 1.165) is 11.1 Å². The highest BCUT2D eigenvalue weighted by Crippen LogP contribution is 2.31. The highest BCUT2D eigenvalue weighted by Gasteiger charge is 2.32. The Hall–Kier alpha value is -2.19. The molecule has 0 bridgehead atoms. The van der Waals surface area contributed by atoms with Gasteiger partial charge in [0.05, 0.1) is 7.11 Å². The molecule has 1 aliphatic heterocycles. The SMILES string of the molecule is COc1cc(C)c(C)cc1S(=O)(=O)N1CCN(c2c(F)cccc2F)CC1. The van der Waals surface area contributed by atoms with Gasteiger partial charge in [0.2, 0.25) is 10.0 Å². The summed E-state index contributed by atoms with van der Waals surface area (Å²) in [6.07, 6.45) is 0. The number of hydrogen-bond acceptors (Lipinski definition) is 4. The van der Waals surface area contributed by atoms with Crippen LogP contribution in [0.25, 0.3) is 0 Å². The fraction of sp³-hybridized carbons (Fsp3) is 0.368. The number of aryl methyl sites for hydroxylation is 2. The maximum Gasteiger partial charge on any atom is 0.246 e. The molecule has 5 nitrogen and oxygen atoms in total. The number of hydrogen-bond donors (Lipinski definition) is 0. The zero-order valence-corrected chi connectivity index (χ0v) is 16.3. The molecule has 0 radical (unpaired) electrons. The number of para-hydroxylation sites is 1. The van der Waals surface area contributed by atoms with E-state index in [2.05, 4.69) is 0 Å². The van der Waals surface area contributed by atoms with Crippen LogP contribution in [0.2, 0.25) is 0 Å². The third-order valence-electron chi connectivity index (χ3n) is 4.89. The van der Waals surface area contributed by atoms with E-state index in [4.69, 9.17) is 4.74 Å². The second-order valence-corrected chi connectivity index (χ2v) is 8.46. The maximum atomic E-state index is 14.0. The predicted molar refractivity (Wildman–Crippen MR) is 99.8 cm³/mol. The number of nitrogens with zero attached hydrogens (tertiary/aromatic N) is 2. The molecule has 146 valence electrons. The Labute approximate surface area is 158 Å². The van der Waals surface area contributed by atoms with E-state index in [1.54, 1.807) is 12.1 Å². The maximum absolute atomic E-state index is 14.0. The van der Waals surface area contributed by atoms with Gasteiger partial charge < -0.3 is 9.64 Å². The minimum absolute atomic E-state index is 0.110. The van der Waals surface area contributed by atoms with Crippen LogP contribution in [0.1, 0.15) is 11.1 Å². The molecule has 0 spiro atoms. The monoisotopic (exact) mass is 396 g/mol. The zero-order valence-electron chi connectivity index (χ0n) is 15.5. The van der Waals surface area contributed by atoms with E-state index in [0.29, 0.717) is 5.75 Å². The lowest BCUT2D eigenvalue weighted by Crippen LogP contribution is -2.49. The molecule has 1 fully saturated rings. The summed E-state index contributed by atoms with van der Waals surface area (Å²) < 4.78 is 60.7. The summed E-state index contributed by atoms with van der Waals surface area (Å²) in [5, 5.41) is 0. The van der Waals surface area contributed by atoms with Crippen molar-refractivity contribution in [3.05, 3.63) is 53.1 Å². The molecule has 1 saturated heterocycles. The Bertz CT molecular complexity index is 935. The highest BCUT2D eigenvalue weighted by atomic mass is 32.2. The number of methoxy groups -OCH3 is 1. The van der Waals surface area contributed by atoms with Crippen molar-refractivity contribution in [2.45, 2.75) is 18.7 Å². The van der Waals surface area contributed by atoms with Crippen LogP contribution >= 0.6 is 0 Å². The lowest BCUT2D eigenvalue weighted by atomic mass is 10.1. The topological polar surface area (TPSA) is 49.9 Å². The minimum Gasteiger partial charge on any atom is -0.495 e. The van der Waals surface area contributed by atoms with Gasteiger partial charge in [0.1, 0.15) is 28.0 Å². The Balaban J connectivity index is 1.85. The van der Waals surface area contributed by atoms with Gasteiger partial charge in [0.25, 0.3) is 0 Å². The Morgan fingerprint density at radius 3 is 2.07 bits per heavy atom. The quantitative estimate of drug-likeness (QED) is 0.797. The van der Waals surface area contributed by atoms with Crippen LogP contribution in [0.4, 0.5) is 14.5 Å². The highest BCUT2D eigenvalue weighted by molar-refractivity contribution is 7.89. The van der Waals surface area contributed by atoms with Gasteiger partial charge in [-0.25, -0.2) is 17.2 Å². The summed E-state index contributed by atoms with van der Waals surface area (Å²) in [6.45, 7) is 4.38. The van der Waals surface area contributed by atoms with Crippen molar-refractivity contribution in [2.24, 2.45) is 0 Å². The van der Waals surface area contributed by atoms with Gasteiger partial charge in [-0.05, 0) is 49.2 Å². The van der Waals surface area contributed by atoms with Crippen molar-refractivity contribution < 1.29 is 21.9 Å².